The highest BCUT2D eigenvalue weighted by molar-refractivity contribution is 5.96. The fourth-order valence-electron chi connectivity index (χ4n) is 3.33. The molecule has 7 nitrogen and oxygen atoms in total. The summed E-state index contributed by atoms with van der Waals surface area (Å²) in [5.74, 6) is -4.60. The SMILES string of the molecule is CC[C@@H](O)c1cc(C)c(-c2cc3cnc(NC(=O)[C@H]4CC4(F)F)cc3nc2N)cn1. The zero-order valence-corrected chi connectivity index (χ0v) is 16.5. The minimum Gasteiger partial charge on any atom is -0.387 e. The van der Waals surface area contributed by atoms with Gasteiger partial charge in [0.1, 0.15) is 17.6 Å². The third kappa shape index (κ3) is 3.68. The highest BCUT2D eigenvalue weighted by atomic mass is 19.3. The van der Waals surface area contributed by atoms with Gasteiger partial charge in [0, 0.05) is 41.4 Å². The Labute approximate surface area is 171 Å². The lowest BCUT2D eigenvalue weighted by Gasteiger charge is -2.13. The van der Waals surface area contributed by atoms with Crippen molar-refractivity contribution in [3.05, 3.63) is 41.9 Å². The summed E-state index contributed by atoms with van der Waals surface area (Å²) in [5, 5.41) is 13.1. The van der Waals surface area contributed by atoms with Crippen LogP contribution < -0.4 is 11.1 Å². The van der Waals surface area contributed by atoms with Crippen LogP contribution in [-0.2, 0) is 4.79 Å². The maximum Gasteiger partial charge on any atom is 0.260 e. The lowest BCUT2D eigenvalue weighted by Crippen LogP contribution is -2.18. The molecule has 3 heterocycles. The van der Waals surface area contributed by atoms with Crippen LogP contribution in [0.2, 0.25) is 0 Å². The van der Waals surface area contributed by atoms with Gasteiger partial charge in [0.15, 0.2) is 0 Å². The highest BCUT2D eigenvalue weighted by Crippen LogP contribution is 2.49. The lowest BCUT2D eigenvalue weighted by atomic mass is 10.0. The van der Waals surface area contributed by atoms with Gasteiger partial charge in [0.05, 0.1) is 17.3 Å². The smallest absolute Gasteiger partial charge is 0.260 e. The average molecular weight is 413 g/mol. The number of nitrogens with one attached hydrogen (secondary N) is 1. The maximum atomic E-state index is 13.1. The molecule has 30 heavy (non-hydrogen) atoms. The molecular weight excluding hydrogens is 392 g/mol. The first-order chi connectivity index (χ1) is 14.2. The molecule has 3 aromatic heterocycles. The lowest BCUT2D eigenvalue weighted by molar-refractivity contribution is -0.119. The van der Waals surface area contributed by atoms with E-state index in [0.717, 1.165) is 11.1 Å². The number of carbonyl (C=O) groups excluding carboxylic acids is 1. The molecular formula is C21H21F2N5O2. The summed E-state index contributed by atoms with van der Waals surface area (Å²) < 4.78 is 26.1. The molecule has 156 valence electrons. The molecule has 0 spiro atoms. The van der Waals surface area contributed by atoms with Gasteiger partial charge in [0.2, 0.25) is 5.91 Å². The molecule has 0 aromatic carbocycles. The molecule has 1 aliphatic carbocycles. The zero-order valence-electron chi connectivity index (χ0n) is 16.5. The number of nitrogens with zero attached hydrogens (tertiary/aromatic N) is 3. The predicted molar refractivity (Wildman–Crippen MR) is 109 cm³/mol. The number of aliphatic hydroxyl groups is 1. The minimum absolute atomic E-state index is 0.144. The van der Waals surface area contributed by atoms with E-state index in [1.54, 1.807) is 6.20 Å². The van der Waals surface area contributed by atoms with Crippen molar-refractivity contribution in [2.24, 2.45) is 5.92 Å². The number of aromatic nitrogens is 3. The van der Waals surface area contributed by atoms with Crippen LogP contribution in [0.15, 0.2) is 30.6 Å². The van der Waals surface area contributed by atoms with Crippen molar-refractivity contribution >= 4 is 28.4 Å². The second-order valence-corrected chi connectivity index (χ2v) is 7.54. The average Bonchev–Trinajstić information content (AvgIpc) is 3.35. The van der Waals surface area contributed by atoms with E-state index in [-0.39, 0.29) is 11.6 Å². The molecule has 1 amide bonds. The Morgan fingerprint density at radius 1 is 1.30 bits per heavy atom. The summed E-state index contributed by atoms with van der Waals surface area (Å²) in [4.78, 5) is 24.7. The summed E-state index contributed by atoms with van der Waals surface area (Å²) in [7, 11) is 0. The first-order valence-electron chi connectivity index (χ1n) is 9.59. The fraction of sp³-hybridized carbons (Fsp3) is 0.333. The molecule has 1 fully saturated rings. The summed E-state index contributed by atoms with van der Waals surface area (Å²) in [6.45, 7) is 3.78. The third-order valence-electron chi connectivity index (χ3n) is 5.27. The normalized spacial score (nSPS) is 18.2. The topological polar surface area (TPSA) is 114 Å². The summed E-state index contributed by atoms with van der Waals surface area (Å²) >= 11 is 0. The monoisotopic (exact) mass is 413 g/mol. The molecule has 2 atom stereocenters. The number of carbonyl (C=O) groups is 1. The Balaban J connectivity index is 1.64. The quantitative estimate of drug-likeness (QED) is 0.589. The van der Waals surface area contributed by atoms with E-state index in [1.165, 1.54) is 12.3 Å². The highest BCUT2D eigenvalue weighted by Gasteiger charge is 2.61. The molecule has 3 aromatic rings. The van der Waals surface area contributed by atoms with E-state index in [9.17, 15) is 18.7 Å². The van der Waals surface area contributed by atoms with E-state index in [1.807, 2.05) is 26.0 Å². The Kier molecular flexibility index (Phi) is 4.85. The van der Waals surface area contributed by atoms with Crippen molar-refractivity contribution in [1.29, 1.82) is 0 Å². The van der Waals surface area contributed by atoms with Crippen molar-refractivity contribution in [3.63, 3.8) is 0 Å². The van der Waals surface area contributed by atoms with Crippen LogP contribution in [0.1, 0.15) is 37.1 Å². The van der Waals surface area contributed by atoms with Crippen molar-refractivity contribution in [2.45, 2.75) is 38.7 Å². The van der Waals surface area contributed by atoms with E-state index in [2.05, 4.69) is 20.3 Å². The van der Waals surface area contributed by atoms with Crippen LogP contribution in [0.5, 0.6) is 0 Å². The van der Waals surface area contributed by atoms with E-state index in [0.29, 0.717) is 28.6 Å². The summed E-state index contributed by atoms with van der Waals surface area (Å²) in [6.07, 6.45) is 2.65. The standard InChI is InChI=1S/C21H21F2N5O2/c1-3-17(29)16-4-10(2)13(9-25-16)12-5-11-8-26-18(6-15(11)27-19(12)24)28-20(30)14-7-21(14,22)23/h4-6,8-9,14,17,29H,3,7H2,1-2H3,(H2,24,27)(H,26,28,30)/t14-,17-/m1/s1. The van der Waals surface area contributed by atoms with E-state index < -0.39 is 30.3 Å². The van der Waals surface area contributed by atoms with Crippen LogP contribution in [0.3, 0.4) is 0 Å². The number of amides is 1. The summed E-state index contributed by atoms with van der Waals surface area (Å²) in [5.41, 5.74) is 9.57. The number of aliphatic hydroxyl groups excluding tert-OH is 1. The van der Waals surface area contributed by atoms with Crippen LogP contribution in [0, 0.1) is 12.8 Å². The number of halogens is 2. The Morgan fingerprint density at radius 2 is 2.03 bits per heavy atom. The number of pyridine rings is 3. The number of fused-ring (bicyclic) bond motifs is 1. The number of aryl methyl sites for hydroxylation is 1. The molecule has 1 aliphatic rings. The number of nitrogen functional groups attached to an aromatic ring is 1. The van der Waals surface area contributed by atoms with Crippen molar-refractivity contribution < 1.29 is 18.7 Å². The van der Waals surface area contributed by atoms with E-state index >= 15 is 0 Å². The number of nitrogens with two attached hydrogens (primary N) is 1. The van der Waals surface area contributed by atoms with Gasteiger partial charge in [-0.1, -0.05) is 6.92 Å². The second-order valence-electron chi connectivity index (χ2n) is 7.54. The van der Waals surface area contributed by atoms with Gasteiger partial charge < -0.3 is 16.2 Å². The van der Waals surface area contributed by atoms with Crippen molar-refractivity contribution in [3.8, 4) is 11.1 Å². The van der Waals surface area contributed by atoms with Gasteiger partial charge in [-0.2, -0.15) is 0 Å². The van der Waals surface area contributed by atoms with Crippen molar-refractivity contribution in [1.82, 2.24) is 15.0 Å². The Hall–Kier alpha value is -3.20. The number of hydrogen-bond donors (Lipinski definition) is 3. The van der Waals surface area contributed by atoms with Gasteiger partial charge in [-0.3, -0.25) is 9.78 Å². The summed E-state index contributed by atoms with van der Waals surface area (Å²) in [6, 6.07) is 5.13. The first-order valence-corrected chi connectivity index (χ1v) is 9.59. The van der Waals surface area contributed by atoms with Gasteiger partial charge in [-0.25, -0.2) is 18.7 Å². The number of alkyl halides is 2. The molecule has 0 radical (unpaired) electrons. The Bertz CT molecular complexity index is 1150. The molecule has 0 aliphatic heterocycles. The van der Waals surface area contributed by atoms with E-state index in [4.69, 9.17) is 5.73 Å². The second kappa shape index (κ2) is 7.24. The maximum absolute atomic E-state index is 13.1. The molecule has 0 unspecified atom stereocenters. The fourth-order valence-corrected chi connectivity index (χ4v) is 3.33. The minimum atomic E-state index is -2.94. The van der Waals surface area contributed by atoms with Crippen LogP contribution in [0.4, 0.5) is 20.4 Å². The van der Waals surface area contributed by atoms with Gasteiger partial charge >= 0.3 is 0 Å². The van der Waals surface area contributed by atoms with Crippen LogP contribution >= 0.6 is 0 Å². The molecule has 4 N–H and O–H groups in total. The zero-order chi connectivity index (χ0) is 21.6. The third-order valence-corrected chi connectivity index (χ3v) is 5.27. The van der Waals surface area contributed by atoms with Crippen LogP contribution in [0.25, 0.3) is 22.0 Å². The molecule has 4 rings (SSSR count). The molecule has 1 saturated carbocycles. The van der Waals surface area contributed by atoms with Gasteiger partial charge in [-0.05, 0) is 31.0 Å². The van der Waals surface area contributed by atoms with Crippen molar-refractivity contribution in [2.75, 3.05) is 11.1 Å². The number of anilines is 2. The largest absolute Gasteiger partial charge is 0.387 e. The van der Waals surface area contributed by atoms with Crippen LogP contribution in [-0.4, -0.2) is 31.9 Å². The number of hydrogen-bond acceptors (Lipinski definition) is 6. The van der Waals surface area contributed by atoms with Gasteiger partial charge in [-0.15, -0.1) is 0 Å². The predicted octanol–water partition coefficient (Wildman–Crippen LogP) is 3.62. The molecule has 9 heteroatoms. The Morgan fingerprint density at radius 3 is 2.67 bits per heavy atom. The number of rotatable bonds is 5. The molecule has 0 bridgehead atoms. The molecule has 0 saturated heterocycles. The van der Waals surface area contributed by atoms with Gasteiger partial charge in [0.25, 0.3) is 5.92 Å². The first kappa shape index (κ1) is 20.1.